The number of hydrogen-bond acceptors (Lipinski definition) is 4. The Bertz CT molecular complexity index is 215. The van der Waals surface area contributed by atoms with E-state index in [1.165, 1.54) is 0 Å². The van der Waals surface area contributed by atoms with Gasteiger partial charge in [0.2, 0.25) is 0 Å². The summed E-state index contributed by atoms with van der Waals surface area (Å²) in [5.74, 6) is 0. The summed E-state index contributed by atoms with van der Waals surface area (Å²) in [5.41, 5.74) is -0.371. The molecule has 0 aliphatic carbocycles. The van der Waals surface area contributed by atoms with Crippen molar-refractivity contribution in [1.29, 1.82) is 0 Å². The Morgan fingerprint density at radius 1 is 1.25 bits per heavy atom. The number of hydrogen-bond donors (Lipinski definition) is 2. The van der Waals surface area contributed by atoms with Crippen LogP contribution in [-0.4, -0.2) is 61.0 Å². The molecular formula is C12H26N2O2. The lowest BCUT2D eigenvalue weighted by molar-refractivity contribution is -0.0573. The average Bonchev–Trinajstić information content (AvgIpc) is 2.29. The molecular weight excluding hydrogens is 204 g/mol. The van der Waals surface area contributed by atoms with Crippen LogP contribution in [0.4, 0.5) is 0 Å². The van der Waals surface area contributed by atoms with Gasteiger partial charge in [-0.2, -0.15) is 0 Å². The Morgan fingerprint density at radius 3 is 2.25 bits per heavy atom. The zero-order valence-electron chi connectivity index (χ0n) is 11.0. The van der Waals surface area contributed by atoms with Crippen LogP contribution in [0.3, 0.4) is 0 Å². The van der Waals surface area contributed by atoms with Gasteiger partial charge in [0.25, 0.3) is 0 Å². The van der Waals surface area contributed by atoms with Crippen molar-refractivity contribution in [3.63, 3.8) is 0 Å². The quantitative estimate of drug-likeness (QED) is 0.720. The fourth-order valence-electron chi connectivity index (χ4n) is 2.46. The summed E-state index contributed by atoms with van der Waals surface area (Å²) < 4.78 is 5.47. The monoisotopic (exact) mass is 230 g/mol. The molecule has 1 aliphatic heterocycles. The van der Waals surface area contributed by atoms with E-state index < -0.39 is 0 Å². The van der Waals surface area contributed by atoms with E-state index in [9.17, 15) is 5.11 Å². The Hall–Kier alpha value is -0.160. The first-order valence-electron chi connectivity index (χ1n) is 6.05. The van der Waals surface area contributed by atoms with Crippen molar-refractivity contribution in [3.05, 3.63) is 0 Å². The second kappa shape index (κ2) is 5.45. The Labute approximate surface area is 99.0 Å². The predicted molar refractivity (Wildman–Crippen MR) is 65.6 cm³/mol. The molecule has 0 aromatic heterocycles. The van der Waals surface area contributed by atoms with Crippen LogP contribution in [-0.2, 0) is 4.74 Å². The summed E-state index contributed by atoms with van der Waals surface area (Å²) in [5, 5.41) is 13.0. The summed E-state index contributed by atoms with van der Waals surface area (Å²) in [6, 6.07) is 0. The first-order chi connectivity index (χ1) is 7.43. The zero-order valence-corrected chi connectivity index (χ0v) is 11.0. The zero-order chi connectivity index (χ0) is 12.2. The third-order valence-electron chi connectivity index (χ3n) is 3.58. The van der Waals surface area contributed by atoms with Crippen LogP contribution in [0, 0.1) is 0 Å². The standard InChI is InChI=1S/C12H26N2O2/c1-11(2,16-4)9-12(3,10-15)14-7-5-13-6-8-14/h13,15H,5-10H2,1-4H3. The molecule has 1 unspecified atom stereocenters. The minimum Gasteiger partial charge on any atom is -0.394 e. The van der Waals surface area contributed by atoms with Gasteiger partial charge in [0.05, 0.1) is 12.2 Å². The number of aliphatic hydroxyl groups is 1. The van der Waals surface area contributed by atoms with Crippen LogP contribution >= 0.6 is 0 Å². The fourth-order valence-corrected chi connectivity index (χ4v) is 2.46. The first kappa shape index (κ1) is 13.9. The first-order valence-corrected chi connectivity index (χ1v) is 6.05. The molecule has 0 saturated carbocycles. The number of aliphatic hydroxyl groups excluding tert-OH is 1. The largest absolute Gasteiger partial charge is 0.394 e. The maximum atomic E-state index is 9.68. The van der Waals surface area contributed by atoms with E-state index >= 15 is 0 Å². The molecule has 0 amide bonds. The Balaban J connectivity index is 2.67. The lowest BCUT2D eigenvalue weighted by atomic mass is 9.86. The van der Waals surface area contributed by atoms with E-state index in [2.05, 4.69) is 31.0 Å². The van der Waals surface area contributed by atoms with Crippen molar-refractivity contribution in [1.82, 2.24) is 10.2 Å². The van der Waals surface area contributed by atoms with Crippen LogP contribution in [0.2, 0.25) is 0 Å². The molecule has 0 aromatic rings. The summed E-state index contributed by atoms with van der Waals surface area (Å²) in [6.45, 7) is 10.4. The van der Waals surface area contributed by atoms with Crippen molar-refractivity contribution < 1.29 is 9.84 Å². The Kier molecular flexibility index (Phi) is 4.73. The van der Waals surface area contributed by atoms with Crippen LogP contribution in [0.15, 0.2) is 0 Å². The number of nitrogens with one attached hydrogen (secondary N) is 1. The van der Waals surface area contributed by atoms with Crippen molar-refractivity contribution in [2.75, 3.05) is 39.9 Å². The maximum Gasteiger partial charge on any atom is 0.0641 e. The molecule has 0 bridgehead atoms. The highest BCUT2D eigenvalue weighted by Gasteiger charge is 2.37. The predicted octanol–water partition coefficient (Wildman–Crippen LogP) is 0.458. The number of rotatable bonds is 5. The molecule has 16 heavy (non-hydrogen) atoms. The molecule has 0 spiro atoms. The fraction of sp³-hybridized carbons (Fsp3) is 1.00. The molecule has 0 radical (unpaired) electrons. The van der Waals surface area contributed by atoms with Gasteiger partial charge in [-0.15, -0.1) is 0 Å². The molecule has 4 nitrogen and oxygen atoms in total. The van der Waals surface area contributed by atoms with Crippen LogP contribution < -0.4 is 5.32 Å². The van der Waals surface area contributed by atoms with E-state index in [4.69, 9.17) is 4.74 Å². The van der Waals surface area contributed by atoms with Crippen LogP contribution in [0.5, 0.6) is 0 Å². The summed E-state index contributed by atoms with van der Waals surface area (Å²) in [4.78, 5) is 2.37. The third kappa shape index (κ3) is 3.42. The van der Waals surface area contributed by atoms with Crippen molar-refractivity contribution in [2.24, 2.45) is 0 Å². The minimum absolute atomic E-state index is 0.179. The van der Waals surface area contributed by atoms with E-state index in [0.717, 1.165) is 32.6 Å². The van der Waals surface area contributed by atoms with E-state index in [1.807, 2.05) is 0 Å². The number of methoxy groups -OCH3 is 1. The molecule has 1 rings (SSSR count). The van der Waals surface area contributed by atoms with Crippen molar-refractivity contribution in [3.8, 4) is 0 Å². The lowest BCUT2D eigenvalue weighted by Gasteiger charge is -2.45. The van der Waals surface area contributed by atoms with E-state index in [1.54, 1.807) is 7.11 Å². The van der Waals surface area contributed by atoms with Gasteiger partial charge in [0, 0.05) is 38.8 Å². The van der Waals surface area contributed by atoms with Gasteiger partial charge in [0.1, 0.15) is 0 Å². The number of piperazine rings is 1. The molecule has 1 heterocycles. The number of ether oxygens (including phenoxy) is 1. The summed E-state index contributed by atoms with van der Waals surface area (Å²) in [7, 11) is 1.73. The lowest BCUT2D eigenvalue weighted by Crippen LogP contribution is -2.58. The van der Waals surface area contributed by atoms with Gasteiger partial charge in [-0.25, -0.2) is 0 Å². The van der Waals surface area contributed by atoms with Crippen LogP contribution in [0.1, 0.15) is 27.2 Å². The van der Waals surface area contributed by atoms with Crippen molar-refractivity contribution in [2.45, 2.75) is 38.3 Å². The van der Waals surface area contributed by atoms with Gasteiger partial charge < -0.3 is 15.2 Å². The highest BCUT2D eigenvalue weighted by molar-refractivity contribution is 4.93. The van der Waals surface area contributed by atoms with Crippen LogP contribution in [0.25, 0.3) is 0 Å². The van der Waals surface area contributed by atoms with Gasteiger partial charge in [-0.1, -0.05) is 0 Å². The molecule has 1 aliphatic rings. The van der Waals surface area contributed by atoms with E-state index in [0.29, 0.717) is 0 Å². The third-order valence-corrected chi connectivity index (χ3v) is 3.58. The van der Waals surface area contributed by atoms with Gasteiger partial charge in [-0.05, 0) is 27.2 Å². The minimum atomic E-state index is -0.192. The van der Waals surface area contributed by atoms with Gasteiger partial charge >= 0.3 is 0 Å². The van der Waals surface area contributed by atoms with Crippen molar-refractivity contribution >= 4 is 0 Å². The molecule has 1 atom stereocenters. The summed E-state index contributed by atoms with van der Waals surface area (Å²) in [6.07, 6.45) is 0.840. The maximum absolute atomic E-state index is 9.68. The molecule has 1 fully saturated rings. The van der Waals surface area contributed by atoms with E-state index in [-0.39, 0.29) is 17.7 Å². The molecule has 4 heteroatoms. The second-order valence-electron chi connectivity index (χ2n) is 5.53. The Morgan fingerprint density at radius 2 is 1.81 bits per heavy atom. The SMILES string of the molecule is COC(C)(C)CC(C)(CO)N1CCNCC1. The normalized spacial score (nSPS) is 23.1. The molecule has 0 aromatic carbocycles. The highest BCUT2D eigenvalue weighted by Crippen LogP contribution is 2.28. The highest BCUT2D eigenvalue weighted by atomic mass is 16.5. The number of nitrogens with zero attached hydrogens (tertiary/aromatic N) is 1. The molecule has 1 saturated heterocycles. The molecule has 2 N–H and O–H groups in total. The average molecular weight is 230 g/mol. The van der Waals surface area contributed by atoms with Gasteiger partial charge in [0.15, 0.2) is 0 Å². The molecule has 96 valence electrons. The topological polar surface area (TPSA) is 44.7 Å². The smallest absolute Gasteiger partial charge is 0.0641 e. The van der Waals surface area contributed by atoms with Gasteiger partial charge in [-0.3, -0.25) is 4.90 Å². The second-order valence-corrected chi connectivity index (χ2v) is 5.53. The summed E-state index contributed by atoms with van der Waals surface area (Å²) >= 11 is 0.